The Morgan fingerprint density at radius 3 is 2.25 bits per heavy atom. The molecule has 2 N–H and O–H groups in total. The fourth-order valence-corrected chi connectivity index (χ4v) is 9.43. The number of ketones is 2. The second-order valence-electron chi connectivity index (χ2n) is 17.1. The summed E-state index contributed by atoms with van der Waals surface area (Å²) in [5.74, 6) is -3.71. The number of piperidine rings is 1. The zero-order valence-electron chi connectivity index (χ0n) is 35.0. The van der Waals surface area contributed by atoms with Gasteiger partial charge in [-0.3, -0.25) is 14.4 Å². The van der Waals surface area contributed by atoms with Crippen molar-refractivity contribution in [1.29, 1.82) is 0 Å². The Hall–Kier alpha value is -2.74. The van der Waals surface area contributed by atoms with Crippen LogP contribution < -0.4 is 0 Å². The van der Waals surface area contributed by atoms with E-state index in [0.717, 1.165) is 5.57 Å². The molecule has 316 valence electrons. The topological polar surface area (TPSA) is 158 Å². The number of allylic oxidation sites excluding steroid dienone is 4. The number of Topliss-reactive ketones (excluding diaryl/α,β-unsaturated/α-hetero) is 2. The average molecular weight is 788 g/mol. The molecule has 3 aliphatic heterocycles. The van der Waals surface area contributed by atoms with Crippen LogP contribution in [-0.2, 0) is 42.9 Å². The van der Waals surface area contributed by atoms with E-state index in [2.05, 4.69) is 13.5 Å². The predicted molar refractivity (Wildman–Crippen MR) is 211 cm³/mol. The van der Waals surface area contributed by atoms with Gasteiger partial charge in [-0.15, -0.1) is 6.58 Å². The third-order valence-electron chi connectivity index (χ3n) is 12.7. The Morgan fingerprint density at radius 1 is 0.911 bits per heavy atom. The SMILES string of the molecule is C=CCC1/C=C(\C)CC(C)CC(OC)C2OC(C(=O)C(=O)N3CCCCC3C(=O)OC(/C(C)=C/C3CCC(O)C(OC)C3)C(C)C(O)CC1=O)C(C)CC2OC. The number of esters is 1. The van der Waals surface area contributed by atoms with E-state index in [1.54, 1.807) is 34.3 Å². The highest BCUT2D eigenvalue weighted by Gasteiger charge is 2.48. The van der Waals surface area contributed by atoms with Gasteiger partial charge in [0.05, 0.1) is 30.5 Å². The fraction of sp³-hybridized carbons (Fsp3) is 0.773. The first kappa shape index (κ1) is 46.0. The van der Waals surface area contributed by atoms with E-state index in [9.17, 15) is 29.4 Å². The number of fused-ring (bicyclic) bond motifs is 3. The molecule has 0 aromatic rings. The van der Waals surface area contributed by atoms with E-state index >= 15 is 0 Å². The number of ether oxygens (including phenoxy) is 5. The van der Waals surface area contributed by atoms with E-state index < -0.39 is 72.2 Å². The quantitative estimate of drug-likeness (QED) is 0.196. The van der Waals surface area contributed by atoms with Gasteiger partial charge in [0.15, 0.2) is 0 Å². The molecule has 1 aliphatic carbocycles. The van der Waals surface area contributed by atoms with Gasteiger partial charge < -0.3 is 38.8 Å². The van der Waals surface area contributed by atoms with Gasteiger partial charge >= 0.3 is 5.97 Å². The Morgan fingerprint density at radius 2 is 1.59 bits per heavy atom. The number of rotatable bonds is 7. The van der Waals surface area contributed by atoms with Crippen LogP contribution in [0.15, 0.2) is 36.0 Å². The summed E-state index contributed by atoms with van der Waals surface area (Å²) in [7, 11) is 4.79. The summed E-state index contributed by atoms with van der Waals surface area (Å²) in [6.45, 7) is 13.7. The molecule has 1 amide bonds. The van der Waals surface area contributed by atoms with Gasteiger partial charge in [0.2, 0.25) is 5.78 Å². The van der Waals surface area contributed by atoms with Gasteiger partial charge in [0.25, 0.3) is 5.91 Å². The van der Waals surface area contributed by atoms with Gasteiger partial charge in [-0.1, -0.05) is 44.6 Å². The largest absolute Gasteiger partial charge is 0.456 e. The number of methoxy groups -OCH3 is 3. The van der Waals surface area contributed by atoms with Crippen molar-refractivity contribution in [3.8, 4) is 0 Å². The standard InChI is InChI=1S/C44H69NO11/c1-10-13-31-19-25(2)18-26(3)20-37(53-8)42-38(54-9)22-28(5)41(55-42)39(49)43(50)45-17-12-11-14-32(45)44(51)56-40(29(6)34(47)24-35(31)48)27(4)21-30-15-16-33(46)36(23-30)52-7/h10,19,21,26,28-34,36-38,40-42,46-47H,1,11-18,20,22-24H2,2-9H3/b25-19+,27-21+. The van der Waals surface area contributed by atoms with Crippen molar-refractivity contribution in [3.63, 3.8) is 0 Å². The maximum atomic E-state index is 14.3. The number of carbonyl (C=O) groups is 4. The number of nitrogens with zero attached hydrogens (tertiary/aromatic N) is 1. The fourth-order valence-electron chi connectivity index (χ4n) is 9.43. The number of carbonyl (C=O) groups excluding carboxylic acids is 4. The van der Waals surface area contributed by atoms with Crippen molar-refractivity contribution < 1.29 is 53.1 Å². The number of aliphatic hydroxyl groups excluding tert-OH is 2. The molecule has 14 unspecified atom stereocenters. The van der Waals surface area contributed by atoms with Gasteiger partial charge in [0.1, 0.15) is 30.1 Å². The summed E-state index contributed by atoms with van der Waals surface area (Å²) in [6, 6.07) is -1.02. The van der Waals surface area contributed by atoms with Crippen LogP contribution in [-0.4, -0.2) is 121 Å². The van der Waals surface area contributed by atoms with Gasteiger partial charge in [-0.2, -0.15) is 0 Å². The summed E-state index contributed by atoms with van der Waals surface area (Å²) in [5, 5.41) is 22.1. The Balaban J connectivity index is 1.75. The van der Waals surface area contributed by atoms with Crippen LogP contribution in [0.4, 0.5) is 0 Å². The molecule has 0 aromatic carbocycles. The molecule has 4 aliphatic rings. The maximum absolute atomic E-state index is 14.3. The van der Waals surface area contributed by atoms with Crippen LogP contribution >= 0.6 is 0 Å². The molecular formula is C44H69NO11. The first-order valence-corrected chi connectivity index (χ1v) is 20.8. The first-order valence-electron chi connectivity index (χ1n) is 20.8. The summed E-state index contributed by atoms with van der Waals surface area (Å²) in [6.07, 6.45) is 5.60. The molecule has 0 radical (unpaired) electrons. The number of cyclic esters (lactones) is 1. The first-order chi connectivity index (χ1) is 26.6. The molecular weight excluding hydrogens is 718 g/mol. The average Bonchev–Trinajstić information content (AvgIpc) is 3.18. The number of aliphatic hydroxyl groups is 2. The predicted octanol–water partition coefficient (Wildman–Crippen LogP) is 5.32. The van der Waals surface area contributed by atoms with Crippen LogP contribution in [0.1, 0.15) is 105 Å². The molecule has 4 rings (SSSR count). The van der Waals surface area contributed by atoms with E-state index in [1.165, 1.54) is 4.90 Å². The third-order valence-corrected chi connectivity index (χ3v) is 12.7. The Bertz CT molecular complexity index is 1430. The molecule has 2 saturated heterocycles. The monoisotopic (exact) mass is 787 g/mol. The van der Waals surface area contributed by atoms with Gasteiger partial charge in [-0.25, -0.2) is 4.79 Å². The smallest absolute Gasteiger partial charge is 0.329 e. The molecule has 3 heterocycles. The lowest BCUT2D eigenvalue weighted by molar-refractivity contribution is -0.199. The van der Waals surface area contributed by atoms with Crippen molar-refractivity contribution in [2.75, 3.05) is 27.9 Å². The third kappa shape index (κ3) is 11.5. The molecule has 0 spiro atoms. The zero-order valence-corrected chi connectivity index (χ0v) is 35.0. The Labute approximate surface area is 334 Å². The second-order valence-corrected chi connectivity index (χ2v) is 17.1. The number of hydrogen-bond acceptors (Lipinski definition) is 11. The molecule has 56 heavy (non-hydrogen) atoms. The van der Waals surface area contributed by atoms with Gasteiger partial charge in [-0.05, 0) is 101 Å². The lowest BCUT2D eigenvalue weighted by atomic mass is 9.81. The van der Waals surface area contributed by atoms with E-state index in [4.69, 9.17) is 23.7 Å². The van der Waals surface area contributed by atoms with E-state index in [-0.39, 0.29) is 48.7 Å². The zero-order chi connectivity index (χ0) is 41.3. The van der Waals surface area contributed by atoms with Crippen molar-refractivity contribution in [1.82, 2.24) is 4.90 Å². The lowest BCUT2D eigenvalue weighted by Gasteiger charge is -2.43. The Kier molecular flexibility index (Phi) is 17.5. The highest BCUT2D eigenvalue weighted by molar-refractivity contribution is 6.38. The molecule has 2 bridgehead atoms. The highest BCUT2D eigenvalue weighted by atomic mass is 16.6. The summed E-state index contributed by atoms with van der Waals surface area (Å²) in [4.78, 5) is 57.8. The van der Waals surface area contributed by atoms with Crippen molar-refractivity contribution in [2.45, 2.75) is 160 Å². The number of amides is 1. The van der Waals surface area contributed by atoms with Gasteiger partial charge in [0, 0.05) is 46.1 Å². The summed E-state index contributed by atoms with van der Waals surface area (Å²) < 4.78 is 30.2. The molecule has 12 heteroatoms. The second kappa shape index (κ2) is 21.3. The molecule has 12 nitrogen and oxygen atoms in total. The highest BCUT2D eigenvalue weighted by Crippen LogP contribution is 2.35. The van der Waals surface area contributed by atoms with Crippen LogP contribution in [0.25, 0.3) is 0 Å². The maximum Gasteiger partial charge on any atom is 0.329 e. The summed E-state index contributed by atoms with van der Waals surface area (Å²) in [5.41, 5.74) is 1.70. The normalized spacial score (nSPS) is 40.1. The molecule has 14 atom stereocenters. The van der Waals surface area contributed by atoms with Crippen molar-refractivity contribution >= 4 is 23.4 Å². The molecule has 3 fully saturated rings. The molecule has 0 aromatic heterocycles. The minimum absolute atomic E-state index is 0.0211. The van der Waals surface area contributed by atoms with Crippen LogP contribution in [0.2, 0.25) is 0 Å². The van der Waals surface area contributed by atoms with Crippen LogP contribution in [0.5, 0.6) is 0 Å². The van der Waals surface area contributed by atoms with Crippen molar-refractivity contribution in [3.05, 3.63) is 36.0 Å². The lowest BCUT2D eigenvalue weighted by Crippen LogP contribution is -2.58. The van der Waals surface area contributed by atoms with Crippen molar-refractivity contribution in [2.24, 2.45) is 29.6 Å². The summed E-state index contributed by atoms with van der Waals surface area (Å²) >= 11 is 0. The van der Waals surface area contributed by atoms with Crippen LogP contribution in [0, 0.1) is 29.6 Å². The number of hydrogen-bond donors (Lipinski definition) is 2. The molecule has 1 saturated carbocycles. The minimum Gasteiger partial charge on any atom is -0.456 e. The minimum atomic E-state index is -1.16. The van der Waals surface area contributed by atoms with E-state index in [1.807, 2.05) is 32.9 Å². The van der Waals surface area contributed by atoms with Crippen LogP contribution in [0.3, 0.4) is 0 Å². The van der Waals surface area contributed by atoms with E-state index in [0.29, 0.717) is 69.8 Å².